The van der Waals surface area contributed by atoms with E-state index in [1.807, 2.05) is 42.0 Å². The molecule has 1 aromatic heterocycles. The van der Waals surface area contributed by atoms with Gasteiger partial charge in [-0.25, -0.2) is 4.79 Å². The third kappa shape index (κ3) is 2.26. The summed E-state index contributed by atoms with van der Waals surface area (Å²) in [6, 6.07) is 7.70. The molecule has 5 heteroatoms. The monoisotopic (exact) mass is 300 g/mol. The molecular formula is C17H20N2O3. The summed E-state index contributed by atoms with van der Waals surface area (Å²) in [5.74, 6) is -1.23. The summed E-state index contributed by atoms with van der Waals surface area (Å²) in [7, 11) is 0. The van der Waals surface area contributed by atoms with Gasteiger partial charge in [0.25, 0.3) is 5.91 Å². The number of benzene rings is 1. The summed E-state index contributed by atoms with van der Waals surface area (Å²) in [6.45, 7) is 2.78. The number of hydrogen-bond donors (Lipinski definition) is 2. The first kappa shape index (κ1) is 14.6. The summed E-state index contributed by atoms with van der Waals surface area (Å²) in [5, 5.41) is 13.2. The van der Waals surface area contributed by atoms with Gasteiger partial charge in [0, 0.05) is 23.6 Å². The summed E-state index contributed by atoms with van der Waals surface area (Å²) < 4.78 is 2.01. The van der Waals surface area contributed by atoms with Crippen LogP contribution in [0.3, 0.4) is 0 Å². The second-order valence-electron chi connectivity index (χ2n) is 5.89. The second-order valence-corrected chi connectivity index (χ2v) is 5.89. The molecule has 1 amide bonds. The molecule has 22 heavy (non-hydrogen) atoms. The van der Waals surface area contributed by atoms with Gasteiger partial charge < -0.3 is 15.0 Å². The van der Waals surface area contributed by atoms with Crippen LogP contribution in [0.15, 0.2) is 30.5 Å². The molecule has 0 saturated heterocycles. The molecule has 5 nitrogen and oxygen atoms in total. The zero-order valence-electron chi connectivity index (χ0n) is 12.6. The van der Waals surface area contributed by atoms with Crippen LogP contribution >= 0.6 is 0 Å². The first-order chi connectivity index (χ1) is 10.6. The minimum absolute atomic E-state index is 0.298. The van der Waals surface area contributed by atoms with Crippen LogP contribution in [0.5, 0.6) is 0 Å². The number of rotatable bonds is 4. The van der Waals surface area contributed by atoms with E-state index in [1.54, 1.807) is 0 Å². The van der Waals surface area contributed by atoms with Crippen LogP contribution in [0, 0.1) is 0 Å². The highest BCUT2D eigenvalue weighted by Gasteiger charge is 2.43. The smallest absolute Gasteiger partial charge is 0.329 e. The molecule has 1 saturated carbocycles. The molecule has 1 fully saturated rings. The molecule has 1 aliphatic carbocycles. The molecule has 0 unspecified atom stereocenters. The van der Waals surface area contributed by atoms with E-state index in [1.165, 1.54) is 0 Å². The number of nitrogens with one attached hydrogen (secondary N) is 1. The maximum absolute atomic E-state index is 12.7. The Kier molecular flexibility index (Phi) is 3.64. The van der Waals surface area contributed by atoms with Crippen molar-refractivity contribution in [3.8, 4) is 0 Å². The van der Waals surface area contributed by atoms with Gasteiger partial charge in [0.1, 0.15) is 5.54 Å². The normalized spacial score (nSPS) is 16.8. The predicted octanol–water partition coefficient (Wildman–Crippen LogP) is 2.79. The van der Waals surface area contributed by atoms with Crippen LogP contribution in [-0.4, -0.2) is 27.1 Å². The Morgan fingerprint density at radius 3 is 2.59 bits per heavy atom. The number of amides is 1. The summed E-state index contributed by atoms with van der Waals surface area (Å²) in [4.78, 5) is 24.3. The summed E-state index contributed by atoms with van der Waals surface area (Å²) in [6.07, 6.45) is 4.48. The minimum atomic E-state index is -1.10. The molecule has 116 valence electrons. The van der Waals surface area contributed by atoms with Crippen LogP contribution in [-0.2, 0) is 11.3 Å². The maximum Gasteiger partial charge on any atom is 0.329 e. The van der Waals surface area contributed by atoms with Crippen molar-refractivity contribution >= 4 is 22.8 Å². The second kappa shape index (κ2) is 5.48. The highest BCUT2D eigenvalue weighted by Crippen LogP contribution is 2.31. The fourth-order valence-electron chi connectivity index (χ4n) is 3.34. The van der Waals surface area contributed by atoms with Crippen molar-refractivity contribution in [2.45, 2.75) is 44.7 Å². The fourth-order valence-corrected chi connectivity index (χ4v) is 3.34. The van der Waals surface area contributed by atoms with Gasteiger partial charge in [-0.1, -0.05) is 31.0 Å². The summed E-state index contributed by atoms with van der Waals surface area (Å²) in [5.41, 5.74) is 0.433. The maximum atomic E-state index is 12.7. The molecule has 1 aromatic carbocycles. The largest absolute Gasteiger partial charge is 0.480 e. The van der Waals surface area contributed by atoms with Crippen molar-refractivity contribution in [2.75, 3.05) is 0 Å². The van der Waals surface area contributed by atoms with E-state index >= 15 is 0 Å². The van der Waals surface area contributed by atoms with Crippen molar-refractivity contribution in [2.24, 2.45) is 0 Å². The molecule has 0 aliphatic heterocycles. The Morgan fingerprint density at radius 2 is 1.95 bits per heavy atom. The Balaban J connectivity index is 1.97. The third-order valence-electron chi connectivity index (χ3n) is 4.59. The lowest BCUT2D eigenvalue weighted by atomic mass is 9.97. The van der Waals surface area contributed by atoms with Crippen molar-refractivity contribution in [3.05, 3.63) is 36.0 Å². The van der Waals surface area contributed by atoms with Gasteiger partial charge in [0.05, 0.1) is 5.56 Å². The average Bonchev–Trinajstić information content (AvgIpc) is 3.12. The van der Waals surface area contributed by atoms with Gasteiger partial charge in [0.2, 0.25) is 0 Å². The number of carbonyl (C=O) groups excluding carboxylic acids is 1. The number of para-hydroxylation sites is 1. The van der Waals surface area contributed by atoms with E-state index in [0.717, 1.165) is 30.3 Å². The SMILES string of the molecule is CCn1cc(C(=O)NC2(C(=O)O)CCCC2)c2ccccc21. The molecule has 2 aromatic rings. The minimum Gasteiger partial charge on any atom is -0.480 e. The standard InChI is InChI=1S/C17H20N2O3/c1-2-19-11-13(12-7-3-4-8-14(12)19)15(20)18-17(16(21)22)9-5-6-10-17/h3-4,7-8,11H,2,5-6,9-10H2,1H3,(H,18,20)(H,21,22). The van der Waals surface area contributed by atoms with Gasteiger partial charge in [-0.05, 0) is 25.8 Å². The lowest BCUT2D eigenvalue weighted by Gasteiger charge is -2.25. The van der Waals surface area contributed by atoms with Crippen molar-refractivity contribution in [1.82, 2.24) is 9.88 Å². The molecule has 1 aliphatic rings. The molecule has 3 rings (SSSR count). The van der Waals surface area contributed by atoms with E-state index in [2.05, 4.69) is 5.32 Å². The van der Waals surface area contributed by atoms with Crippen LogP contribution in [0.25, 0.3) is 10.9 Å². The zero-order valence-corrected chi connectivity index (χ0v) is 12.6. The van der Waals surface area contributed by atoms with Crippen LogP contribution in [0.4, 0.5) is 0 Å². The van der Waals surface area contributed by atoms with E-state index in [4.69, 9.17) is 0 Å². The number of carbonyl (C=O) groups is 2. The molecule has 0 bridgehead atoms. The first-order valence-electron chi connectivity index (χ1n) is 7.71. The van der Waals surface area contributed by atoms with E-state index in [-0.39, 0.29) is 5.91 Å². The van der Waals surface area contributed by atoms with Crippen LogP contribution < -0.4 is 5.32 Å². The molecule has 0 atom stereocenters. The van der Waals surface area contributed by atoms with E-state index in [9.17, 15) is 14.7 Å². The van der Waals surface area contributed by atoms with Crippen LogP contribution in [0.1, 0.15) is 43.0 Å². The topological polar surface area (TPSA) is 71.3 Å². The highest BCUT2D eigenvalue weighted by atomic mass is 16.4. The van der Waals surface area contributed by atoms with Gasteiger partial charge in [-0.15, -0.1) is 0 Å². The fraction of sp³-hybridized carbons (Fsp3) is 0.412. The van der Waals surface area contributed by atoms with Gasteiger partial charge in [0.15, 0.2) is 0 Å². The summed E-state index contributed by atoms with van der Waals surface area (Å²) >= 11 is 0. The number of hydrogen-bond acceptors (Lipinski definition) is 2. The molecule has 2 N–H and O–H groups in total. The van der Waals surface area contributed by atoms with E-state index < -0.39 is 11.5 Å². The number of carboxylic acid groups (broad SMARTS) is 1. The van der Waals surface area contributed by atoms with Gasteiger partial charge in [-0.3, -0.25) is 4.79 Å². The quantitative estimate of drug-likeness (QED) is 0.912. The lowest BCUT2D eigenvalue weighted by Crippen LogP contribution is -2.52. The molecule has 1 heterocycles. The number of fused-ring (bicyclic) bond motifs is 1. The molecule has 0 radical (unpaired) electrons. The van der Waals surface area contributed by atoms with Crippen molar-refractivity contribution < 1.29 is 14.7 Å². The third-order valence-corrected chi connectivity index (χ3v) is 4.59. The van der Waals surface area contributed by atoms with E-state index in [0.29, 0.717) is 18.4 Å². The Labute approximate surface area is 128 Å². The Morgan fingerprint density at radius 1 is 1.27 bits per heavy atom. The highest BCUT2D eigenvalue weighted by molar-refractivity contribution is 6.08. The number of aromatic nitrogens is 1. The number of carboxylic acids is 1. The first-order valence-corrected chi connectivity index (χ1v) is 7.71. The zero-order chi connectivity index (χ0) is 15.7. The van der Waals surface area contributed by atoms with Gasteiger partial charge >= 0.3 is 5.97 Å². The van der Waals surface area contributed by atoms with Gasteiger partial charge in [-0.2, -0.15) is 0 Å². The van der Waals surface area contributed by atoms with Crippen molar-refractivity contribution in [1.29, 1.82) is 0 Å². The Bertz CT molecular complexity index is 727. The number of aliphatic carboxylic acids is 1. The molecular weight excluding hydrogens is 280 g/mol. The number of nitrogens with zero attached hydrogens (tertiary/aromatic N) is 1. The number of aryl methyl sites for hydroxylation is 1. The lowest BCUT2D eigenvalue weighted by molar-refractivity contribution is -0.144. The average molecular weight is 300 g/mol. The van der Waals surface area contributed by atoms with Crippen molar-refractivity contribution in [3.63, 3.8) is 0 Å². The Hall–Kier alpha value is -2.30. The predicted molar refractivity (Wildman–Crippen MR) is 83.9 cm³/mol. The molecule has 0 spiro atoms. The van der Waals surface area contributed by atoms with Crippen LogP contribution in [0.2, 0.25) is 0 Å².